The molecule has 2 aliphatic carbocycles. The van der Waals surface area contributed by atoms with Gasteiger partial charge in [0.25, 0.3) is 0 Å². The molecule has 2 rings (SSSR count). The molecule has 13 heavy (non-hydrogen) atoms. The van der Waals surface area contributed by atoms with Crippen molar-refractivity contribution in [2.24, 2.45) is 11.7 Å². The van der Waals surface area contributed by atoms with Gasteiger partial charge in [0.1, 0.15) is 0 Å². The molecule has 1 unspecified atom stereocenters. The van der Waals surface area contributed by atoms with Crippen LogP contribution in [0.1, 0.15) is 32.6 Å². The van der Waals surface area contributed by atoms with Gasteiger partial charge >= 0.3 is 0 Å². The maximum absolute atomic E-state index is 11.3. The van der Waals surface area contributed by atoms with Crippen LogP contribution in [0.5, 0.6) is 0 Å². The van der Waals surface area contributed by atoms with Gasteiger partial charge in [0.2, 0.25) is 5.91 Å². The Labute approximate surface area is 84.9 Å². The summed E-state index contributed by atoms with van der Waals surface area (Å²) in [6.07, 6.45) is 4.91. The first-order chi connectivity index (χ1) is 5.64. The third kappa shape index (κ3) is 2.15. The van der Waals surface area contributed by atoms with Crippen molar-refractivity contribution in [2.45, 2.75) is 44.2 Å². The van der Waals surface area contributed by atoms with E-state index in [1.165, 1.54) is 12.8 Å². The molecule has 2 saturated carbocycles. The van der Waals surface area contributed by atoms with Crippen molar-refractivity contribution in [3.63, 3.8) is 0 Å². The number of hydrogen-bond acceptors (Lipinski definition) is 2. The van der Waals surface area contributed by atoms with Crippen molar-refractivity contribution in [3.05, 3.63) is 0 Å². The zero-order valence-corrected chi connectivity index (χ0v) is 8.69. The average molecular weight is 205 g/mol. The summed E-state index contributed by atoms with van der Waals surface area (Å²) >= 11 is 0. The first kappa shape index (κ1) is 10.8. The van der Waals surface area contributed by atoms with Gasteiger partial charge in [-0.1, -0.05) is 0 Å². The highest BCUT2D eigenvalue weighted by molar-refractivity contribution is 5.85. The van der Waals surface area contributed by atoms with E-state index in [-0.39, 0.29) is 29.9 Å². The number of nitrogens with one attached hydrogen (secondary N) is 1. The van der Waals surface area contributed by atoms with Gasteiger partial charge in [-0.3, -0.25) is 4.79 Å². The van der Waals surface area contributed by atoms with Crippen molar-refractivity contribution < 1.29 is 4.79 Å². The van der Waals surface area contributed by atoms with E-state index in [4.69, 9.17) is 5.73 Å². The molecule has 2 aliphatic rings. The summed E-state index contributed by atoms with van der Waals surface area (Å²) in [6.45, 7) is 1.73. The van der Waals surface area contributed by atoms with E-state index in [0.717, 1.165) is 18.8 Å². The standard InChI is InChI=1S/C9H16N2O.ClH/c1-6(10)8(12)11-9(4-5-9)7-2-3-7;/h6-7H,2-5,10H2,1H3,(H,11,12);1H. The highest BCUT2D eigenvalue weighted by atomic mass is 35.5. The molecule has 0 aromatic heterocycles. The van der Waals surface area contributed by atoms with E-state index in [1.807, 2.05) is 0 Å². The predicted octanol–water partition coefficient (Wildman–Crippen LogP) is 0.814. The van der Waals surface area contributed by atoms with Gasteiger partial charge < -0.3 is 11.1 Å². The molecule has 3 nitrogen and oxygen atoms in total. The van der Waals surface area contributed by atoms with Gasteiger partial charge in [0.15, 0.2) is 0 Å². The second-order valence-electron chi connectivity index (χ2n) is 4.21. The number of halogens is 1. The Balaban J connectivity index is 0.000000845. The van der Waals surface area contributed by atoms with Gasteiger partial charge in [-0.2, -0.15) is 0 Å². The van der Waals surface area contributed by atoms with Crippen LogP contribution in [0.2, 0.25) is 0 Å². The van der Waals surface area contributed by atoms with E-state index in [9.17, 15) is 4.79 Å². The van der Waals surface area contributed by atoms with Gasteiger partial charge in [-0.05, 0) is 38.5 Å². The van der Waals surface area contributed by atoms with Crippen LogP contribution in [-0.2, 0) is 4.79 Å². The molecule has 3 N–H and O–H groups in total. The third-order valence-electron chi connectivity index (χ3n) is 2.93. The Kier molecular flexibility index (Phi) is 2.88. The van der Waals surface area contributed by atoms with Crippen LogP contribution in [0.15, 0.2) is 0 Å². The molecular weight excluding hydrogens is 188 g/mol. The van der Waals surface area contributed by atoms with E-state index in [0.29, 0.717) is 0 Å². The van der Waals surface area contributed by atoms with Crippen molar-refractivity contribution in [3.8, 4) is 0 Å². The SMILES string of the molecule is CC(N)C(=O)NC1(C2CC2)CC1.Cl. The van der Waals surface area contributed by atoms with Gasteiger partial charge in [-0.15, -0.1) is 12.4 Å². The summed E-state index contributed by atoms with van der Waals surface area (Å²) in [6, 6.07) is -0.360. The lowest BCUT2D eigenvalue weighted by Gasteiger charge is -2.17. The summed E-state index contributed by atoms with van der Waals surface area (Å²) in [4.78, 5) is 11.3. The summed E-state index contributed by atoms with van der Waals surface area (Å²) in [5.41, 5.74) is 5.66. The zero-order chi connectivity index (χ0) is 8.77. The maximum atomic E-state index is 11.3. The highest BCUT2D eigenvalue weighted by Crippen LogP contribution is 2.53. The minimum atomic E-state index is -0.360. The molecule has 0 heterocycles. The molecule has 0 saturated heterocycles. The molecule has 0 aromatic carbocycles. The average Bonchev–Trinajstić information content (AvgIpc) is 2.82. The normalized spacial score (nSPS) is 25.7. The second kappa shape index (κ2) is 3.46. The molecule has 0 radical (unpaired) electrons. The summed E-state index contributed by atoms with van der Waals surface area (Å²) in [5, 5.41) is 3.06. The fourth-order valence-corrected chi connectivity index (χ4v) is 1.77. The molecule has 0 aliphatic heterocycles. The lowest BCUT2D eigenvalue weighted by molar-refractivity contribution is -0.123. The Morgan fingerprint density at radius 1 is 1.54 bits per heavy atom. The van der Waals surface area contributed by atoms with E-state index in [1.54, 1.807) is 6.92 Å². The molecule has 1 atom stereocenters. The maximum Gasteiger partial charge on any atom is 0.237 e. The van der Waals surface area contributed by atoms with E-state index >= 15 is 0 Å². The Bertz CT molecular complexity index is 210. The van der Waals surface area contributed by atoms with Gasteiger partial charge in [-0.25, -0.2) is 0 Å². The minimum Gasteiger partial charge on any atom is -0.349 e. The summed E-state index contributed by atoms with van der Waals surface area (Å²) < 4.78 is 0. The largest absolute Gasteiger partial charge is 0.349 e. The number of hydrogen-bond donors (Lipinski definition) is 2. The topological polar surface area (TPSA) is 55.1 Å². The third-order valence-corrected chi connectivity index (χ3v) is 2.93. The Morgan fingerprint density at radius 2 is 2.08 bits per heavy atom. The van der Waals surface area contributed by atoms with Crippen molar-refractivity contribution in [1.29, 1.82) is 0 Å². The number of rotatable bonds is 3. The molecule has 2 fully saturated rings. The molecule has 0 bridgehead atoms. The molecule has 1 amide bonds. The van der Waals surface area contributed by atoms with E-state index in [2.05, 4.69) is 5.32 Å². The molecule has 76 valence electrons. The van der Waals surface area contributed by atoms with Crippen LogP contribution in [0.25, 0.3) is 0 Å². The number of amides is 1. The van der Waals surface area contributed by atoms with Crippen LogP contribution < -0.4 is 11.1 Å². The van der Waals surface area contributed by atoms with Gasteiger partial charge in [0, 0.05) is 5.54 Å². The molecule has 0 spiro atoms. The van der Waals surface area contributed by atoms with Crippen LogP contribution in [0, 0.1) is 5.92 Å². The van der Waals surface area contributed by atoms with Gasteiger partial charge in [0.05, 0.1) is 6.04 Å². The first-order valence-electron chi connectivity index (χ1n) is 4.72. The fourth-order valence-electron chi connectivity index (χ4n) is 1.77. The Hall–Kier alpha value is -0.280. The van der Waals surface area contributed by atoms with Crippen molar-refractivity contribution in [1.82, 2.24) is 5.32 Å². The lowest BCUT2D eigenvalue weighted by atomic mass is 10.1. The lowest BCUT2D eigenvalue weighted by Crippen LogP contribution is -2.46. The van der Waals surface area contributed by atoms with Crippen LogP contribution >= 0.6 is 12.4 Å². The molecule has 0 aromatic rings. The quantitative estimate of drug-likeness (QED) is 0.715. The number of nitrogens with two attached hydrogens (primary N) is 1. The summed E-state index contributed by atoms with van der Waals surface area (Å²) in [5.74, 6) is 0.777. The molecule has 4 heteroatoms. The minimum absolute atomic E-state index is 0. The fraction of sp³-hybridized carbons (Fsp3) is 0.889. The molecular formula is C9H17ClN2O. The highest BCUT2D eigenvalue weighted by Gasteiger charge is 2.54. The predicted molar refractivity (Wildman–Crippen MR) is 53.7 cm³/mol. The number of carbonyl (C=O) groups is 1. The summed E-state index contributed by atoms with van der Waals surface area (Å²) in [7, 11) is 0. The number of carbonyl (C=O) groups excluding carboxylic acids is 1. The van der Waals surface area contributed by atoms with Crippen LogP contribution in [-0.4, -0.2) is 17.5 Å². The smallest absolute Gasteiger partial charge is 0.237 e. The van der Waals surface area contributed by atoms with Crippen LogP contribution in [0.4, 0.5) is 0 Å². The van der Waals surface area contributed by atoms with Crippen molar-refractivity contribution >= 4 is 18.3 Å². The van der Waals surface area contributed by atoms with E-state index < -0.39 is 0 Å². The first-order valence-corrected chi connectivity index (χ1v) is 4.72. The van der Waals surface area contributed by atoms with Crippen LogP contribution in [0.3, 0.4) is 0 Å². The monoisotopic (exact) mass is 204 g/mol. The Morgan fingerprint density at radius 3 is 2.38 bits per heavy atom. The van der Waals surface area contributed by atoms with Crippen molar-refractivity contribution in [2.75, 3.05) is 0 Å². The zero-order valence-electron chi connectivity index (χ0n) is 7.88. The second-order valence-corrected chi connectivity index (χ2v) is 4.21.